The van der Waals surface area contributed by atoms with Gasteiger partial charge in [0.25, 0.3) is 11.7 Å². The van der Waals surface area contributed by atoms with E-state index >= 15 is 0 Å². The van der Waals surface area contributed by atoms with Crippen LogP contribution in [0.4, 0.5) is 4.79 Å². The van der Waals surface area contributed by atoms with Gasteiger partial charge in [-0.3, -0.25) is 9.59 Å². The Kier molecular flexibility index (Phi) is 5.91. The lowest BCUT2D eigenvalue weighted by Gasteiger charge is -2.22. The van der Waals surface area contributed by atoms with Gasteiger partial charge in [0.15, 0.2) is 0 Å². The van der Waals surface area contributed by atoms with Gasteiger partial charge >= 0.3 is 6.09 Å². The van der Waals surface area contributed by atoms with Crippen molar-refractivity contribution < 1.29 is 19.1 Å². The van der Waals surface area contributed by atoms with Gasteiger partial charge in [-0.05, 0) is 32.9 Å². The molecule has 4 aromatic rings. The van der Waals surface area contributed by atoms with E-state index in [1.165, 1.54) is 6.20 Å². The molecular formula is C25H26N4O4. The van der Waals surface area contributed by atoms with Crippen LogP contribution in [0, 0.1) is 0 Å². The Labute approximate surface area is 190 Å². The minimum atomic E-state index is -0.763. The fourth-order valence-corrected chi connectivity index (χ4v) is 3.73. The summed E-state index contributed by atoms with van der Waals surface area (Å²) in [5, 5.41) is 7.04. The van der Waals surface area contributed by atoms with Crippen LogP contribution in [-0.4, -0.2) is 39.9 Å². The number of H-pyrrole nitrogens is 2. The van der Waals surface area contributed by atoms with Crippen molar-refractivity contribution in [2.75, 3.05) is 6.54 Å². The number of Topliss-reactive ketones (excluding diaryl/α,β-unsaturated/α-hetero) is 1. The van der Waals surface area contributed by atoms with Crippen LogP contribution in [0.5, 0.6) is 0 Å². The number of nitrogens with one attached hydrogen (secondary N) is 4. The highest BCUT2D eigenvalue weighted by Gasteiger charge is 2.26. The highest BCUT2D eigenvalue weighted by Crippen LogP contribution is 2.25. The van der Waals surface area contributed by atoms with Crippen LogP contribution < -0.4 is 10.6 Å². The average Bonchev–Trinajstić information content (AvgIpc) is 3.39. The van der Waals surface area contributed by atoms with Crippen molar-refractivity contribution in [3.05, 3.63) is 72.1 Å². The molecular weight excluding hydrogens is 420 g/mol. The van der Waals surface area contributed by atoms with Gasteiger partial charge in [-0.15, -0.1) is 0 Å². The Balaban J connectivity index is 1.58. The van der Waals surface area contributed by atoms with E-state index in [0.717, 1.165) is 22.0 Å². The Morgan fingerprint density at radius 3 is 2.21 bits per heavy atom. The van der Waals surface area contributed by atoms with Gasteiger partial charge in [-0.2, -0.15) is 0 Å². The number of carbonyl (C=O) groups is 3. The van der Waals surface area contributed by atoms with E-state index in [-0.39, 0.29) is 6.54 Å². The molecule has 0 aliphatic heterocycles. The van der Waals surface area contributed by atoms with Gasteiger partial charge in [-0.1, -0.05) is 36.4 Å². The fourth-order valence-electron chi connectivity index (χ4n) is 3.73. The minimum absolute atomic E-state index is 0.0453. The first kappa shape index (κ1) is 22.1. The highest BCUT2D eigenvalue weighted by atomic mass is 16.6. The van der Waals surface area contributed by atoms with Gasteiger partial charge in [-0.25, -0.2) is 4.79 Å². The first-order chi connectivity index (χ1) is 15.7. The lowest BCUT2D eigenvalue weighted by molar-refractivity contribution is -0.117. The Morgan fingerprint density at radius 1 is 0.909 bits per heavy atom. The summed E-state index contributed by atoms with van der Waals surface area (Å²) in [5.74, 6) is -1.42. The third-order valence-corrected chi connectivity index (χ3v) is 5.19. The number of rotatable bonds is 6. The van der Waals surface area contributed by atoms with Gasteiger partial charge in [0, 0.05) is 46.3 Å². The number of aromatic amines is 2. The summed E-state index contributed by atoms with van der Waals surface area (Å²) < 4.78 is 5.31. The van der Waals surface area contributed by atoms with Crippen molar-refractivity contribution >= 4 is 39.6 Å². The normalized spacial score (nSPS) is 12.5. The van der Waals surface area contributed by atoms with Crippen LogP contribution >= 0.6 is 0 Å². The molecule has 1 atom stereocenters. The molecule has 0 fully saturated rings. The molecule has 0 bridgehead atoms. The number of hydrogen-bond donors (Lipinski definition) is 4. The molecule has 0 radical (unpaired) electrons. The largest absolute Gasteiger partial charge is 0.444 e. The maximum atomic E-state index is 13.0. The van der Waals surface area contributed by atoms with Crippen LogP contribution in [0.15, 0.2) is 60.9 Å². The van der Waals surface area contributed by atoms with E-state index in [1.54, 1.807) is 33.0 Å². The summed E-state index contributed by atoms with van der Waals surface area (Å²) in [5.41, 5.74) is 2.04. The van der Waals surface area contributed by atoms with E-state index in [0.29, 0.717) is 10.9 Å². The third kappa shape index (κ3) is 4.90. The van der Waals surface area contributed by atoms with Crippen molar-refractivity contribution in [2.45, 2.75) is 32.4 Å². The van der Waals surface area contributed by atoms with Gasteiger partial charge in [0.1, 0.15) is 5.60 Å². The lowest BCUT2D eigenvalue weighted by Crippen LogP contribution is -2.42. The standard InChI is InChI=1S/C25H26N4O4/c1-25(2,3)33-24(32)28-14-21(17-12-26-19-10-6-4-8-15(17)19)29-23(31)22(30)18-13-27-20-11-7-5-9-16(18)20/h4-13,21,26-27H,14H2,1-3H3,(H,28,32)(H,29,31). The van der Waals surface area contributed by atoms with Crippen molar-refractivity contribution in [2.24, 2.45) is 0 Å². The average molecular weight is 447 g/mol. The first-order valence-electron chi connectivity index (χ1n) is 10.7. The molecule has 4 N–H and O–H groups in total. The molecule has 8 nitrogen and oxygen atoms in total. The second kappa shape index (κ2) is 8.82. The second-order valence-corrected chi connectivity index (χ2v) is 8.78. The van der Waals surface area contributed by atoms with Gasteiger partial charge in [0.2, 0.25) is 0 Å². The van der Waals surface area contributed by atoms with E-state index in [4.69, 9.17) is 4.74 Å². The van der Waals surface area contributed by atoms with Crippen molar-refractivity contribution in [1.29, 1.82) is 0 Å². The number of carbonyl (C=O) groups excluding carboxylic acids is 3. The van der Waals surface area contributed by atoms with E-state index < -0.39 is 29.4 Å². The topological polar surface area (TPSA) is 116 Å². The molecule has 4 rings (SSSR count). The summed E-state index contributed by atoms with van der Waals surface area (Å²) >= 11 is 0. The Morgan fingerprint density at radius 2 is 1.52 bits per heavy atom. The number of benzene rings is 2. The zero-order valence-corrected chi connectivity index (χ0v) is 18.7. The van der Waals surface area contributed by atoms with Crippen LogP contribution in [0.25, 0.3) is 21.8 Å². The molecule has 0 saturated heterocycles. The molecule has 1 unspecified atom stereocenters. The summed E-state index contributed by atoms with van der Waals surface area (Å²) in [4.78, 5) is 44.3. The number of ether oxygens (including phenoxy) is 1. The first-order valence-corrected chi connectivity index (χ1v) is 10.7. The fraction of sp³-hybridized carbons (Fsp3) is 0.240. The molecule has 0 aliphatic rings. The molecule has 0 saturated carbocycles. The molecule has 33 heavy (non-hydrogen) atoms. The van der Waals surface area contributed by atoms with Crippen LogP contribution in [0.3, 0.4) is 0 Å². The summed E-state index contributed by atoms with van der Waals surface area (Å²) in [6.07, 6.45) is 2.69. The lowest BCUT2D eigenvalue weighted by atomic mass is 10.0. The predicted molar refractivity (Wildman–Crippen MR) is 126 cm³/mol. The van der Waals surface area contributed by atoms with Crippen LogP contribution in [0.1, 0.15) is 42.7 Å². The molecule has 2 heterocycles. The number of ketones is 1. The van der Waals surface area contributed by atoms with Gasteiger partial charge < -0.3 is 25.3 Å². The zero-order valence-electron chi connectivity index (χ0n) is 18.7. The molecule has 2 amide bonds. The van der Waals surface area contributed by atoms with Crippen molar-refractivity contribution in [1.82, 2.24) is 20.6 Å². The minimum Gasteiger partial charge on any atom is -0.444 e. The number of aromatic nitrogens is 2. The summed E-state index contributed by atoms with van der Waals surface area (Å²) in [6.45, 7) is 5.35. The molecule has 0 aliphatic carbocycles. The maximum absolute atomic E-state index is 13.0. The number of amides is 2. The number of alkyl carbamates (subject to hydrolysis) is 1. The Bertz CT molecular complexity index is 1330. The maximum Gasteiger partial charge on any atom is 0.407 e. The second-order valence-electron chi connectivity index (χ2n) is 8.78. The molecule has 2 aromatic heterocycles. The van der Waals surface area contributed by atoms with Crippen molar-refractivity contribution in [3.8, 4) is 0 Å². The van der Waals surface area contributed by atoms with Crippen molar-refractivity contribution in [3.63, 3.8) is 0 Å². The van der Waals surface area contributed by atoms with E-state index in [2.05, 4.69) is 20.6 Å². The zero-order chi connectivity index (χ0) is 23.6. The monoisotopic (exact) mass is 446 g/mol. The summed E-state index contributed by atoms with van der Waals surface area (Å²) in [7, 11) is 0. The molecule has 0 spiro atoms. The summed E-state index contributed by atoms with van der Waals surface area (Å²) in [6, 6.07) is 14.2. The SMILES string of the molecule is CC(C)(C)OC(=O)NCC(NC(=O)C(=O)c1c[nH]c2ccccc12)c1c[nH]c2ccccc12. The highest BCUT2D eigenvalue weighted by molar-refractivity contribution is 6.45. The van der Waals surface area contributed by atoms with Gasteiger partial charge in [0.05, 0.1) is 11.6 Å². The smallest absolute Gasteiger partial charge is 0.407 e. The van der Waals surface area contributed by atoms with Crippen LogP contribution in [-0.2, 0) is 9.53 Å². The quantitative estimate of drug-likeness (QED) is 0.262. The molecule has 2 aromatic carbocycles. The van der Waals surface area contributed by atoms with E-state index in [1.807, 2.05) is 42.5 Å². The molecule has 170 valence electrons. The number of para-hydroxylation sites is 2. The molecule has 8 heteroatoms. The Hall–Kier alpha value is -4.07. The predicted octanol–water partition coefficient (Wildman–Crippen LogP) is 4.21. The van der Waals surface area contributed by atoms with E-state index in [9.17, 15) is 14.4 Å². The number of hydrogen-bond acceptors (Lipinski definition) is 4. The number of fused-ring (bicyclic) bond motifs is 2. The third-order valence-electron chi connectivity index (χ3n) is 5.19. The van der Waals surface area contributed by atoms with Crippen LogP contribution in [0.2, 0.25) is 0 Å².